The van der Waals surface area contributed by atoms with Crippen LogP contribution in [0.25, 0.3) is 0 Å². The Morgan fingerprint density at radius 2 is 2.04 bits per heavy atom. The summed E-state index contributed by atoms with van der Waals surface area (Å²) in [5.74, 6) is 0.0537. The number of aromatic nitrogens is 1. The van der Waals surface area contributed by atoms with Crippen LogP contribution in [-0.2, 0) is 18.3 Å². The first-order valence-corrected chi connectivity index (χ1v) is 8.77. The van der Waals surface area contributed by atoms with E-state index in [0.717, 1.165) is 11.3 Å². The van der Waals surface area contributed by atoms with E-state index in [4.69, 9.17) is 16.3 Å². The molecule has 0 unspecified atom stereocenters. The van der Waals surface area contributed by atoms with E-state index in [0.29, 0.717) is 31.7 Å². The average molecular weight is 379 g/mol. The van der Waals surface area contributed by atoms with E-state index in [-0.39, 0.29) is 22.6 Å². The van der Waals surface area contributed by atoms with E-state index >= 15 is 0 Å². The second-order valence-corrected chi connectivity index (χ2v) is 6.92. The zero-order valence-corrected chi connectivity index (χ0v) is 15.4. The molecular weight excluding hydrogens is 359 g/mol. The molecule has 1 aliphatic rings. The lowest BCUT2D eigenvalue weighted by molar-refractivity contribution is -0.139. The second-order valence-electron chi connectivity index (χ2n) is 6.52. The Hall–Kier alpha value is -2.34. The molecule has 1 amide bonds. The number of rotatable bonds is 5. The molecule has 5 nitrogen and oxygen atoms in total. The largest absolute Gasteiger partial charge is 0.486 e. The topological polar surface area (TPSA) is 51.5 Å². The fourth-order valence-corrected chi connectivity index (χ4v) is 2.94. The molecule has 0 aliphatic carbocycles. The molecule has 1 saturated heterocycles. The van der Waals surface area contributed by atoms with Crippen molar-refractivity contribution in [2.45, 2.75) is 25.9 Å². The summed E-state index contributed by atoms with van der Waals surface area (Å²) in [5.41, 5.74) is 1.43. The Bertz CT molecular complexity index is 891. The Kier molecular flexibility index (Phi) is 5.32. The highest BCUT2D eigenvalue weighted by atomic mass is 35.5. The van der Waals surface area contributed by atoms with E-state index in [1.54, 1.807) is 28.6 Å². The number of nitrogens with zero attached hydrogens (tertiary/aromatic N) is 2. The maximum atomic E-state index is 13.4. The lowest BCUT2D eigenvalue weighted by atomic mass is 10.1. The molecule has 1 aliphatic heterocycles. The number of aryl methyl sites for hydroxylation is 2. The van der Waals surface area contributed by atoms with Gasteiger partial charge in [0.1, 0.15) is 17.7 Å². The lowest BCUT2D eigenvalue weighted by Crippen LogP contribution is -2.56. The van der Waals surface area contributed by atoms with Crippen molar-refractivity contribution in [3.05, 3.63) is 62.8 Å². The average Bonchev–Trinajstić information content (AvgIpc) is 2.56. The molecular formula is C19H20ClFN2O3. The summed E-state index contributed by atoms with van der Waals surface area (Å²) >= 11 is 5.65. The Labute approximate surface area is 155 Å². The molecule has 2 aromatic rings. The predicted molar refractivity (Wildman–Crippen MR) is 97.1 cm³/mol. The van der Waals surface area contributed by atoms with Gasteiger partial charge in [-0.15, -0.1) is 0 Å². The minimum Gasteiger partial charge on any atom is -0.486 e. The summed E-state index contributed by atoms with van der Waals surface area (Å²) in [4.78, 5) is 25.7. The molecule has 0 atom stereocenters. The number of pyridine rings is 1. The first kappa shape index (κ1) is 18.5. The Morgan fingerprint density at radius 3 is 2.69 bits per heavy atom. The van der Waals surface area contributed by atoms with Crippen LogP contribution in [0.3, 0.4) is 0 Å². The monoisotopic (exact) mass is 378 g/mol. The summed E-state index contributed by atoms with van der Waals surface area (Å²) in [7, 11) is 1.71. The molecule has 0 saturated carbocycles. The predicted octanol–water partition coefficient (Wildman–Crippen LogP) is 2.71. The molecule has 2 heterocycles. The molecule has 0 radical (unpaired) electrons. The van der Waals surface area contributed by atoms with Gasteiger partial charge in [0.05, 0.1) is 18.1 Å². The Balaban J connectivity index is 1.47. The van der Waals surface area contributed by atoms with Crippen molar-refractivity contribution >= 4 is 17.5 Å². The third kappa shape index (κ3) is 4.07. The van der Waals surface area contributed by atoms with Gasteiger partial charge in [-0.2, -0.15) is 0 Å². The van der Waals surface area contributed by atoms with E-state index in [1.165, 1.54) is 18.2 Å². The van der Waals surface area contributed by atoms with Crippen molar-refractivity contribution in [2.24, 2.45) is 7.05 Å². The maximum absolute atomic E-state index is 13.4. The van der Waals surface area contributed by atoms with Gasteiger partial charge in [0.2, 0.25) is 5.91 Å². The standard InChI is InChI=1S/C19H20ClFN2O3/c1-12-7-14(9-19(25)22(12)2)26-15-10-23(11-15)18(24)6-4-13-3-5-16(20)17(21)8-13/h3,5,7-9,15H,4,6,10-11H2,1-2H3. The summed E-state index contributed by atoms with van der Waals surface area (Å²) < 4.78 is 20.7. The normalized spacial score (nSPS) is 14.2. The van der Waals surface area contributed by atoms with Crippen molar-refractivity contribution < 1.29 is 13.9 Å². The first-order chi connectivity index (χ1) is 12.3. The third-order valence-electron chi connectivity index (χ3n) is 4.59. The minimum atomic E-state index is -0.474. The minimum absolute atomic E-state index is 0.000337. The molecule has 7 heteroatoms. The number of carbonyl (C=O) groups is 1. The number of ether oxygens (including phenoxy) is 1. The quantitative estimate of drug-likeness (QED) is 0.803. The summed E-state index contributed by atoms with van der Waals surface area (Å²) in [5, 5.41) is 0.0776. The van der Waals surface area contributed by atoms with Crippen molar-refractivity contribution in [3.63, 3.8) is 0 Å². The van der Waals surface area contributed by atoms with Crippen LogP contribution in [-0.4, -0.2) is 34.6 Å². The van der Waals surface area contributed by atoms with Crippen LogP contribution in [0.2, 0.25) is 5.02 Å². The van der Waals surface area contributed by atoms with E-state index in [2.05, 4.69) is 0 Å². The van der Waals surface area contributed by atoms with Gasteiger partial charge in [-0.05, 0) is 37.1 Å². The van der Waals surface area contributed by atoms with Crippen LogP contribution >= 0.6 is 11.6 Å². The second kappa shape index (κ2) is 7.50. The van der Waals surface area contributed by atoms with Gasteiger partial charge in [-0.25, -0.2) is 4.39 Å². The van der Waals surface area contributed by atoms with Gasteiger partial charge in [-0.1, -0.05) is 17.7 Å². The fraction of sp³-hybridized carbons (Fsp3) is 0.368. The SMILES string of the molecule is Cc1cc(OC2CN(C(=O)CCc3ccc(Cl)c(F)c3)C2)cc(=O)n1C. The highest BCUT2D eigenvalue weighted by Gasteiger charge is 2.32. The summed E-state index contributed by atoms with van der Waals surface area (Å²) in [6, 6.07) is 7.83. The number of benzene rings is 1. The molecule has 1 aromatic heterocycles. The third-order valence-corrected chi connectivity index (χ3v) is 4.90. The summed E-state index contributed by atoms with van der Waals surface area (Å²) in [6.07, 6.45) is 0.653. The van der Waals surface area contributed by atoms with Crippen LogP contribution in [0.4, 0.5) is 4.39 Å². The molecule has 1 fully saturated rings. The zero-order valence-electron chi connectivity index (χ0n) is 14.7. The van der Waals surface area contributed by atoms with Gasteiger partial charge in [0.15, 0.2) is 0 Å². The number of hydrogen-bond acceptors (Lipinski definition) is 3. The molecule has 3 rings (SSSR count). The van der Waals surface area contributed by atoms with Crippen molar-refractivity contribution in [1.82, 2.24) is 9.47 Å². The van der Waals surface area contributed by atoms with E-state index in [1.807, 2.05) is 6.92 Å². The van der Waals surface area contributed by atoms with Crippen LogP contribution in [0, 0.1) is 12.7 Å². The molecule has 0 spiro atoms. The molecule has 138 valence electrons. The fourth-order valence-electron chi connectivity index (χ4n) is 2.82. The molecule has 0 N–H and O–H groups in total. The molecule has 0 bridgehead atoms. The highest BCUT2D eigenvalue weighted by Crippen LogP contribution is 2.20. The molecule has 26 heavy (non-hydrogen) atoms. The zero-order chi connectivity index (χ0) is 18.8. The van der Waals surface area contributed by atoms with Crippen LogP contribution in [0.1, 0.15) is 17.7 Å². The van der Waals surface area contributed by atoms with Crippen LogP contribution in [0.5, 0.6) is 5.75 Å². The van der Waals surface area contributed by atoms with Crippen LogP contribution < -0.4 is 10.3 Å². The number of carbonyl (C=O) groups excluding carboxylic acids is 1. The number of hydrogen-bond donors (Lipinski definition) is 0. The summed E-state index contributed by atoms with van der Waals surface area (Å²) in [6.45, 7) is 2.81. The van der Waals surface area contributed by atoms with Crippen molar-refractivity contribution in [3.8, 4) is 5.75 Å². The maximum Gasteiger partial charge on any atom is 0.254 e. The van der Waals surface area contributed by atoms with Gasteiger partial charge >= 0.3 is 0 Å². The lowest BCUT2D eigenvalue weighted by Gasteiger charge is -2.39. The smallest absolute Gasteiger partial charge is 0.254 e. The van der Waals surface area contributed by atoms with Crippen molar-refractivity contribution in [1.29, 1.82) is 0 Å². The van der Waals surface area contributed by atoms with E-state index < -0.39 is 5.82 Å². The van der Waals surface area contributed by atoms with Crippen LogP contribution in [0.15, 0.2) is 35.1 Å². The molecule has 1 aromatic carbocycles. The number of likely N-dealkylation sites (tertiary alicyclic amines) is 1. The van der Waals surface area contributed by atoms with Gasteiger partial charge in [0, 0.05) is 25.2 Å². The highest BCUT2D eigenvalue weighted by molar-refractivity contribution is 6.30. The van der Waals surface area contributed by atoms with Gasteiger partial charge in [-0.3, -0.25) is 9.59 Å². The van der Waals surface area contributed by atoms with E-state index in [9.17, 15) is 14.0 Å². The van der Waals surface area contributed by atoms with Gasteiger partial charge in [0.25, 0.3) is 5.56 Å². The van der Waals surface area contributed by atoms with Gasteiger partial charge < -0.3 is 14.2 Å². The first-order valence-electron chi connectivity index (χ1n) is 8.39. The van der Waals surface area contributed by atoms with Crippen molar-refractivity contribution in [2.75, 3.05) is 13.1 Å². The number of halogens is 2. The Morgan fingerprint density at radius 1 is 1.31 bits per heavy atom. The number of amides is 1.